The molecule has 1 unspecified atom stereocenters. The lowest BCUT2D eigenvalue weighted by molar-refractivity contribution is 0.101. The minimum absolute atomic E-state index is 0.0341. The van der Waals surface area contributed by atoms with E-state index in [0.29, 0.717) is 6.54 Å². The molecule has 0 aromatic rings. The maximum absolute atomic E-state index is 12.1. The Morgan fingerprint density at radius 2 is 1.95 bits per heavy atom. The highest BCUT2D eigenvalue weighted by Crippen LogP contribution is 2.36. The minimum atomic E-state index is -0.0341. The molecule has 1 atom stereocenters. The molecule has 3 aliphatic rings. The molecular weight excluding hydrogens is 298 g/mol. The van der Waals surface area contributed by atoms with Crippen molar-refractivity contribution < 1.29 is 9.53 Å². The average Bonchev–Trinajstić information content (AvgIpc) is 3.24. The molecule has 1 aliphatic carbocycles. The molecule has 126 valence electrons. The maximum Gasteiger partial charge on any atom is 0.314 e. The van der Waals surface area contributed by atoms with Gasteiger partial charge in [0.2, 0.25) is 0 Å². The van der Waals surface area contributed by atoms with Crippen LogP contribution in [0.1, 0.15) is 38.5 Å². The first kappa shape index (κ1) is 16.4. The van der Waals surface area contributed by atoms with Crippen LogP contribution in [0.2, 0.25) is 0 Å². The molecule has 0 radical (unpaired) electrons. The highest BCUT2D eigenvalue weighted by Gasteiger charge is 2.40. The van der Waals surface area contributed by atoms with Crippen LogP contribution in [-0.2, 0) is 4.74 Å². The molecule has 0 aromatic carbocycles. The normalized spacial score (nSPS) is 28.6. The van der Waals surface area contributed by atoms with Crippen molar-refractivity contribution in [2.24, 2.45) is 0 Å². The molecule has 6 heteroatoms. The lowest BCUT2D eigenvalue weighted by Gasteiger charge is -2.43. The second kappa shape index (κ2) is 7.88. The summed E-state index contributed by atoms with van der Waals surface area (Å²) in [4.78, 5) is 14.7. The summed E-state index contributed by atoms with van der Waals surface area (Å²) in [5.41, 5.74) is 0.210. The van der Waals surface area contributed by atoms with Crippen LogP contribution in [0.4, 0.5) is 4.79 Å². The van der Waals surface area contributed by atoms with Crippen LogP contribution in [0.5, 0.6) is 0 Å². The second-order valence-electron chi connectivity index (χ2n) is 6.73. The quantitative estimate of drug-likeness (QED) is 0.809. The second-order valence-corrected chi connectivity index (χ2v) is 7.95. The average molecular weight is 327 g/mol. The molecule has 2 saturated heterocycles. The highest BCUT2D eigenvalue weighted by atomic mass is 32.2. The molecular formula is C16H29N3O2S. The number of carbonyl (C=O) groups is 1. The van der Waals surface area contributed by atoms with E-state index in [9.17, 15) is 4.79 Å². The molecule has 2 aliphatic heterocycles. The summed E-state index contributed by atoms with van der Waals surface area (Å²) in [5, 5.41) is 6.10. The fourth-order valence-corrected chi connectivity index (χ4v) is 4.90. The molecule has 1 saturated carbocycles. The lowest BCUT2D eigenvalue weighted by Crippen LogP contribution is -2.57. The lowest BCUT2D eigenvalue weighted by atomic mass is 9.94. The predicted molar refractivity (Wildman–Crippen MR) is 90.5 cm³/mol. The number of urea groups is 1. The van der Waals surface area contributed by atoms with Gasteiger partial charge in [-0.2, -0.15) is 11.8 Å². The Bertz CT molecular complexity index is 362. The summed E-state index contributed by atoms with van der Waals surface area (Å²) in [7, 11) is 0. The Balaban J connectivity index is 1.45. The summed E-state index contributed by atoms with van der Waals surface area (Å²) < 4.78 is 5.54. The van der Waals surface area contributed by atoms with Crippen LogP contribution in [0.3, 0.4) is 0 Å². The van der Waals surface area contributed by atoms with Crippen LogP contribution in [-0.4, -0.2) is 66.9 Å². The minimum Gasteiger partial charge on any atom is -0.376 e. The van der Waals surface area contributed by atoms with E-state index in [4.69, 9.17) is 4.74 Å². The van der Waals surface area contributed by atoms with Crippen LogP contribution in [0.15, 0.2) is 0 Å². The number of rotatable bonds is 5. The first-order chi connectivity index (χ1) is 10.8. The van der Waals surface area contributed by atoms with Gasteiger partial charge in [0.25, 0.3) is 0 Å². The first-order valence-corrected chi connectivity index (χ1v) is 9.90. The van der Waals surface area contributed by atoms with Crippen LogP contribution in [0, 0.1) is 0 Å². The summed E-state index contributed by atoms with van der Waals surface area (Å²) in [5.74, 6) is 2.46. The van der Waals surface area contributed by atoms with Gasteiger partial charge in [-0.1, -0.05) is 12.8 Å². The van der Waals surface area contributed by atoms with Crippen molar-refractivity contribution in [2.45, 2.75) is 50.2 Å². The van der Waals surface area contributed by atoms with Gasteiger partial charge in [0, 0.05) is 49.8 Å². The van der Waals surface area contributed by atoms with Crippen molar-refractivity contribution in [1.82, 2.24) is 15.5 Å². The largest absolute Gasteiger partial charge is 0.376 e. The van der Waals surface area contributed by atoms with Crippen LogP contribution < -0.4 is 10.6 Å². The van der Waals surface area contributed by atoms with Crippen molar-refractivity contribution in [3.8, 4) is 0 Å². The Labute approximate surface area is 137 Å². The van der Waals surface area contributed by atoms with Crippen molar-refractivity contribution in [3.05, 3.63) is 0 Å². The van der Waals surface area contributed by atoms with E-state index >= 15 is 0 Å². The first-order valence-electron chi connectivity index (χ1n) is 8.75. The predicted octanol–water partition coefficient (Wildman–Crippen LogP) is 1.83. The van der Waals surface area contributed by atoms with Gasteiger partial charge < -0.3 is 15.4 Å². The SMILES string of the molecule is O=C(NCC1CCCO1)NCC1(N2CCSCC2)CCCC1. The van der Waals surface area contributed by atoms with Crippen molar-refractivity contribution in [3.63, 3.8) is 0 Å². The smallest absolute Gasteiger partial charge is 0.314 e. The van der Waals surface area contributed by atoms with E-state index in [-0.39, 0.29) is 17.7 Å². The van der Waals surface area contributed by atoms with Crippen LogP contribution >= 0.6 is 11.8 Å². The fourth-order valence-electron chi connectivity index (χ4n) is 3.99. The number of nitrogens with zero attached hydrogens (tertiary/aromatic N) is 1. The topological polar surface area (TPSA) is 53.6 Å². The third-order valence-corrected chi connectivity index (χ3v) is 6.25. The number of nitrogens with one attached hydrogen (secondary N) is 2. The number of thioether (sulfide) groups is 1. The number of hydrogen-bond acceptors (Lipinski definition) is 4. The molecule has 2 heterocycles. The molecule has 0 spiro atoms. The van der Waals surface area contributed by atoms with Gasteiger partial charge in [-0.3, -0.25) is 4.90 Å². The Morgan fingerprint density at radius 1 is 1.18 bits per heavy atom. The molecule has 5 nitrogen and oxygen atoms in total. The van der Waals surface area contributed by atoms with Gasteiger partial charge in [-0.15, -0.1) is 0 Å². The van der Waals surface area contributed by atoms with Gasteiger partial charge in [0.1, 0.15) is 0 Å². The Kier molecular flexibility index (Phi) is 5.88. The molecule has 3 fully saturated rings. The maximum atomic E-state index is 12.1. The van der Waals surface area contributed by atoms with E-state index in [1.807, 2.05) is 11.8 Å². The van der Waals surface area contributed by atoms with E-state index in [2.05, 4.69) is 15.5 Å². The Hall–Kier alpha value is -0.460. The van der Waals surface area contributed by atoms with Crippen molar-refractivity contribution >= 4 is 17.8 Å². The molecule has 3 rings (SSSR count). The summed E-state index contributed by atoms with van der Waals surface area (Å²) in [6.45, 7) is 4.60. The third kappa shape index (κ3) is 4.09. The summed E-state index contributed by atoms with van der Waals surface area (Å²) in [6.07, 6.45) is 7.43. The van der Waals surface area contributed by atoms with Gasteiger partial charge in [-0.05, 0) is 25.7 Å². The number of amides is 2. The van der Waals surface area contributed by atoms with E-state index in [1.165, 1.54) is 50.3 Å². The number of ether oxygens (including phenoxy) is 1. The molecule has 22 heavy (non-hydrogen) atoms. The molecule has 2 amide bonds. The zero-order valence-electron chi connectivity index (χ0n) is 13.4. The zero-order chi connectivity index (χ0) is 15.3. The number of carbonyl (C=O) groups excluding carboxylic acids is 1. The monoisotopic (exact) mass is 327 g/mol. The van der Waals surface area contributed by atoms with Crippen molar-refractivity contribution in [2.75, 3.05) is 44.3 Å². The van der Waals surface area contributed by atoms with Gasteiger partial charge in [-0.25, -0.2) is 4.79 Å². The van der Waals surface area contributed by atoms with E-state index < -0.39 is 0 Å². The van der Waals surface area contributed by atoms with E-state index in [0.717, 1.165) is 26.0 Å². The summed E-state index contributed by atoms with van der Waals surface area (Å²) >= 11 is 2.05. The van der Waals surface area contributed by atoms with Crippen LogP contribution in [0.25, 0.3) is 0 Å². The molecule has 0 aromatic heterocycles. The molecule has 2 N–H and O–H groups in total. The van der Waals surface area contributed by atoms with Gasteiger partial charge in [0.15, 0.2) is 0 Å². The fraction of sp³-hybridized carbons (Fsp3) is 0.938. The third-order valence-electron chi connectivity index (χ3n) is 5.31. The highest BCUT2D eigenvalue weighted by molar-refractivity contribution is 7.99. The van der Waals surface area contributed by atoms with Crippen molar-refractivity contribution in [1.29, 1.82) is 0 Å². The summed E-state index contributed by atoms with van der Waals surface area (Å²) in [6, 6.07) is -0.0341. The standard InChI is InChI=1S/C16H29N3O2S/c20-15(17-12-14-4-3-9-21-14)18-13-16(5-1-2-6-16)19-7-10-22-11-8-19/h14H,1-13H2,(H2,17,18,20). The van der Waals surface area contributed by atoms with Gasteiger partial charge >= 0.3 is 6.03 Å². The zero-order valence-corrected chi connectivity index (χ0v) is 14.3. The molecule has 0 bridgehead atoms. The van der Waals surface area contributed by atoms with E-state index in [1.54, 1.807) is 0 Å². The van der Waals surface area contributed by atoms with Gasteiger partial charge in [0.05, 0.1) is 6.10 Å². The number of hydrogen-bond donors (Lipinski definition) is 2. The Morgan fingerprint density at radius 3 is 2.64 bits per heavy atom.